The molecule has 0 spiro atoms. The van der Waals surface area contributed by atoms with Gasteiger partial charge in [0.25, 0.3) is 0 Å². The molecule has 2 nitrogen and oxygen atoms in total. The number of carbonyl (C=O) groups is 2. The van der Waals surface area contributed by atoms with E-state index < -0.39 is 5.41 Å². The van der Waals surface area contributed by atoms with Crippen molar-refractivity contribution in [3.05, 3.63) is 35.4 Å². The van der Waals surface area contributed by atoms with Gasteiger partial charge in [0.15, 0.2) is 12.1 Å². The number of aldehydes is 1. The third kappa shape index (κ3) is 2.32. The minimum Gasteiger partial charge on any atom is -0.298 e. The van der Waals surface area contributed by atoms with Crippen LogP contribution in [0.3, 0.4) is 0 Å². The van der Waals surface area contributed by atoms with E-state index in [1.807, 2.05) is 20.8 Å². The van der Waals surface area contributed by atoms with Crippen molar-refractivity contribution in [1.29, 1.82) is 0 Å². The Kier molecular flexibility index (Phi) is 3.40. The molecule has 80 valence electrons. The van der Waals surface area contributed by atoms with Gasteiger partial charge in [-0.1, -0.05) is 45.0 Å². The highest BCUT2D eigenvalue weighted by Crippen LogP contribution is 2.26. The Bertz CT molecular complexity index is 378. The highest BCUT2D eigenvalue weighted by atomic mass is 16.1. The molecule has 1 aromatic rings. The van der Waals surface area contributed by atoms with Crippen molar-refractivity contribution in [1.82, 2.24) is 0 Å². The summed E-state index contributed by atoms with van der Waals surface area (Å²) in [6.45, 7) is 5.77. The lowest BCUT2D eigenvalue weighted by molar-refractivity contribution is 0.0829. The van der Waals surface area contributed by atoms with Crippen LogP contribution in [0.1, 0.15) is 47.9 Å². The van der Waals surface area contributed by atoms with Crippen LogP contribution in [-0.2, 0) is 0 Å². The van der Waals surface area contributed by atoms with Crippen LogP contribution < -0.4 is 0 Å². The monoisotopic (exact) mass is 204 g/mol. The first-order chi connectivity index (χ1) is 7.03. The number of hydrogen-bond donors (Lipinski definition) is 0. The summed E-state index contributed by atoms with van der Waals surface area (Å²) in [4.78, 5) is 22.9. The van der Waals surface area contributed by atoms with Crippen LogP contribution in [0.15, 0.2) is 24.3 Å². The quantitative estimate of drug-likeness (QED) is 0.557. The van der Waals surface area contributed by atoms with Crippen molar-refractivity contribution < 1.29 is 9.59 Å². The average molecular weight is 204 g/mol. The van der Waals surface area contributed by atoms with Crippen LogP contribution in [0.2, 0.25) is 0 Å². The Labute approximate surface area is 90.3 Å². The Morgan fingerprint density at radius 2 is 1.93 bits per heavy atom. The van der Waals surface area contributed by atoms with Gasteiger partial charge in [-0.2, -0.15) is 0 Å². The van der Waals surface area contributed by atoms with Crippen molar-refractivity contribution in [2.75, 3.05) is 0 Å². The molecule has 0 saturated heterocycles. The SMILES string of the molecule is CCC(C)(C)C(=O)c1ccccc1C=O. The maximum atomic E-state index is 12.1. The van der Waals surface area contributed by atoms with E-state index in [1.54, 1.807) is 24.3 Å². The Morgan fingerprint density at radius 3 is 2.47 bits per heavy atom. The Hall–Kier alpha value is -1.44. The van der Waals surface area contributed by atoms with Gasteiger partial charge in [-0.25, -0.2) is 0 Å². The van der Waals surface area contributed by atoms with Gasteiger partial charge in [-0.15, -0.1) is 0 Å². The molecule has 0 aliphatic heterocycles. The number of ketones is 1. The second-order valence-electron chi connectivity index (χ2n) is 4.27. The summed E-state index contributed by atoms with van der Waals surface area (Å²) >= 11 is 0. The molecule has 0 aliphatic carbocycles. The molecule has 1 rings (SSSR count). The van der Waals surface area contributed by atoms with E-state index in [2.05, 4.69) is 0 Å². The van der Waals surface area contributed by atoms with Crippen LogP contribution in [0.4, 0.5) is 0 Å². The van der Waals surface area contributed by atoms with Gasteiger partial charge < -0.3 is 0 Å². The minimum atomic E-state index is -0.404. The van der Waals surface area contributed by atoms with E-state index in [0.29, 0.717) is 11.1 Å². The van der Waals surface area contributed by atoms with Gasteiger partial charge in [-0.3, -0.25) is 9.59 Å². The highest BCUT2D eigenvalue weighted by Gasteiger charge is 2.27. The number of Topliss-reactive ketones (excluding diaryl/α,β-unsaturated/α-hetero) is 1. The van der Waals surface area contributed by atoms with Crippen LogP contribution in [0, 0.1) is 5.41 Å². The standard InChI is InChI=1S/C13H16O2/c1-4-13(2,3)12(15)11-8-6-5-7-10(11)9-14/h5-9H,4H2,1-3H3. The second-order valence-corrected chi connectivity index (χ2v) is 4.27. The zero-order chi connectivity index (χ0) is 11.5. The molecule has 0 aliphatic rings. The first-order valence-corrected chi connectivity index (χ1v) is 5.12. The summed E-state index contributed by atoms with van der Waals surface area (Å²) in [7, 11) is 0. The molecular formula is C13H16O2. The van der Waals surface area contributed by atoms with Gasteiger partial charge >= 0.3 is 0 Å². The van der Waals surface area contributed by atoms with E-state index in [-0.39, 0.29) is 5.78 Å². The van der Waals surface area contributed by atoms with E-state index in [1.165, 1.54) is 0 Å². The molecule has 15 heavy (non-hydrogen) atoms. The maximum absolute atomic E-state index is 12.1. The van der Waals surface area contributed by atoms with Crippen molar-refractivity contribution in [3.63, 3.8) is 0 Å². The van der Waals surface area contributed by atoms with Crippen LogP contribution in [0.25, 0.3) is 0 Å². The molecule has 0 unspecified atom stereocenters. The number of carbonyl (C=O) groups excluding carboxylic acids is 2. The molecule has 0 bridgehead atoms. The number of hydrogen-bond acceptors (Lipinski definition) is 2. The van der Waals surface area contributed by atoms with Crippen molar-refractivity contribution in [3.8, 4) is 0 Å². The summed E-state index contributed by atoms with van der Waals surface area (Å²) in [5, 5.41) is 0. The van der Waals surface area contributed by atoms with E-state index in [0.717, 1.165) is 12.7 Å². The van der Waals surface area contributed by atoms with Crippen LogP contribution in [-0.4, -0.2) is 12.1 Å². The summed E-state index contributed by atoms with van der Waals surface area (Å²) in [5.41, 5.74) is 0.599. The van der Waals surface area contributed by atoms with Crippen molar-refractivity contribution in [2.45, 2.75) is 27.2 Å². The largest absolute Gasteiger partial charge is 0.298 e. The lowest BCUT2D eigenvalue weighted by atomic mass is 9.81. The van der Waals surface area contributed by atoms with E-state index >= 15 is 0 Å². The molecule has 0 N–H and O–H groups in total. The van der Waals surface area contributed by atoms with Crippen LogP contribution >= 0.6 is 0 Å². The number of rotatable bonds is 4. The van der Waals surface area contributed by atoms with Gasteiger partial charge in [0, 0.05) is 16.5 Å². The van der Waals surface area contributed by atoms with Gasteiger partial charge in [-0.05, 0) is 6.42 Å². The Balaban J connectivity index is 3.17. The van der Waals surface area contributed by atoms with Crippen LogP contribution in [0.5, 0.6) is 0 Å². The summed E-state index contributed by atoms with van der Waals surface area (Å²) in [5.74, 6) is 0.0349. The third-order valence-electron chi connectivity index (χ3n) is 2.83. The normalized spacial score (nSPS) is 11.1. The lowest BCUT2D eigenvalue weighted by Gasteiger charge is -2.21. The van der Waals surface area contributed by atoms with Gasteiger partial charge in [0.2, 0.25) is 0 Å². The summed E-state index contributed by atoms with van der Waals surface area (Å²) in [6.07, 6.45) is 1.50. The lowest BCUT2D eigenvalue weighted by Crippen LogP contribution is -2.24. The van der Waals surface area contributed by atoms with E-state index in [4.69, 9.17) is 0 Å². The Morgan fingerprint density at radius 1 is 1.33 bits per heavy atom. The maximum Gasteiger partial charge on any atom is 0.169 e. The predicted molar refractivity (Wildman–Crippen MR) is 60.2 cm³/mol. The fourth-order valence-corrected chi connectivity index (χ4v) is 1.33. The molecule has 0 fully saturated rings. The van der Waals surface area contributed by atoms with Crippen molar-refractivity contribution >= 4 is 12.1 Å². The fourth-order valence-electron chi connectivity index (χ4n) is 1.33. The first-order valence-electron chi connectivity index (χ1n) is 5.12. The van der Waals surface area contributed by atoms with Crippen molar-refractivity contribution in [2.24, 2.45) is 5.41 Å². The summed E-state index contributed by atoms with van der Waals surface area (Å²) in [6, 6.07) is 6.93. The zero-order valence-electron chi connectivity index (χ0n) is 9.41. The number of benzene rings is 1. The third-order valence-corrected chi connectivity index (χ3v) is 2.83. The molecule has 1 aromatic carbocycles. The minimum absolute atomic E-state index is 0.0349. The molecule has 2 heteroatoms. The molecule has 0 radical (unpaired) electrons. The zero-order valence-corrected chi connectivity index (χ0v) is 9.41. The molecule has 0 aromatic heterocycles. The molecule has 0 atom stereocenters. The second kappa shape index (κ2) is 4.39. The average Bonchev–Trinajstić information content (AvgIpc) is 2.28. The highest BCUT2D eigenvalue weighted by molar-refractivity contribution is 6.05. The topological polar surface area (TPSA) is 34.1 Å². The fraction of sp³-hybridized carbons (Fsp3) is 0.385. The smallest absolute Gasteiger partial charge is 0.169 e. The molecule has 0 heterocycles. The first kappa shape index (κ1) is 11.6. The van der Waals surface area contributed by atoms with Gasteiger partial charge in [0.05, 0.1) is 0 Å². The summed E-state index contributed by atoms with van der Waals surface area (Å²) < 4.78 is 0. The predicted octanol–water partition coefficient (Wildman–Crippen LogP) is 3.12. The molecular weight excluding hydrogens is 188 g/mol. The molecule has 0 saturated carbocycles. The van der Waals surface area contributed by atoms with Gasteiger partial charge in [0.1, 0.15) is 0 Å². The van der Waals surface area contributed by atoms with E-state index in [9.17, 15) is 9.59 Å². The molecule has 0 amide bonds.